The monoisotopic (exact) mass is 375 g/mol. The van der Waals surface area contributed by atoms with E-state index in [9.17, 15) is 9.59 Å². The van der Waals surface area contributed by atoms with Gasteiger partial charge >= 0.3 is 5.97 Å². The van der Waals surface area contributed by atoms with E-state index in [1.165, 1.54) is 25.5 Å². The maximum Gasteiger partial charge on any atom is 0.307 e. The van der Waals surface area contributed by atoms with E-state index in [-0.39, 0.29) is 24.9 Å². The van der Waals surface area contributed by atoms with Gasteiger partial charge in [0.1, 0.15) is 11.5 Å². The van der Waals surface area contributed by atoms with Gasteiger partial charge < -0.3 is 19.1 Å². The predicted molar refractivity (Wildman–Crippen MR) is 103 cm³/mol. The first-order valence-electron chi connectivity index (χ1n) is 9.41. The number of methoxy groups -OCH3 is 2. The van der Waals surface area contributed by atoms with Crippen LogP contribution in [-0.2, 0) is 14.3 Å². The minimum atomic E-state index is -0.321. The molecule has 0 aliphatic heterocycles. The normalized spacial score (nSPS) is 13.5. The second-order valence-electron chi connectivity index (χ2n) is 6.53. The van der Waals surface area contributed by atoms with Crippen molar-refractivity contribution in [2.45, 2.75) is 38.5 Å². The molecule has 0 aromatic heterocycles. The number of rotatable bonds is 10. The summed E-state index contributed by atoms with van der Waals surface area (Å²) in [5, 5.41) is 0. The summed E-state index contributed by atoms with van der Waals surface area (Å²) in [5.74, 6) is 0.786. The molecule has 0 radical (unpaired) electrons. The first kappa shape index (κ1) is 20.8. The lowest BCUT2D eigenvalue weighted by Crippen LogP contribution is -2.37. The van der Waals surface area contributed by atoms with Crippen LogP contribution in [-0.4, -0.2) is 50.7 Å². The number of ether oxygens (including phenoxy) is 3. The summed E-state index contributed by atoms with van der Waals surface area (Å²) in [6, 6.07) is 7.14. The van der Waals surface area contributed by atoms with E-state index in [1.54, 1.807) is 24.1 Å². The molecular formula is C21H29NO5. The predicted octanol–water partition coefficient (Wildman–Crippen LogP) is 3.36. The molecule has 0 fully saturated rings. The fraction of sp³-hybridized carbons (Fsp3) is 0.524. The van der Waals surface area contributed by atoms with Crippen molar-refractivity contribution in [3.8, 4) is 11.5 Å². The van der Waals surface area contributed by atoms with Crippen LogP contribution in [0.25, 0.3) is 0 Å². The van der Waals surface area contributed by atoms with Crippen molar-refractivity contribution in [1.29, 1.82) is 0 Å². The van der Waals surface area contributed by atoms with Crippen LogP contribution in [0.5, 0.6) is 11.5 Å². The van der Waals surface area contributed by atoms with Crippen LogP contribution in [0.1, 0.15) is 38.5 Å². The minimum Gasteiger partial charge on any atom is -0.497 e. The smallest absolute Gasteiger partial charge is 0.307 e. The SMILES string of the molecule is COC(=O)CCN(CCC1=CCCCC1)C(=O)COc1cccc(OC)c1. The van der Waals surface area contributed by atoms with Crippen LogP contribution in [0.2, 0.25) is 0 Å². The second kappa shape index (κ2) is 11.3. The lowest BCUT2D eigenvalue weighted by atomic mass is 9.97. The molecule has 0 saturated heterocycles. The number of amides is 1. The molecule has 148 valence electrons. The van der Waals surface area contributed by atoms with Crippen LogP contribution in [0.3, 0.4) is 0 Å². The summed E-state index contributed by atoms with van der Waals surface area (Å²) in [6.45, 7) is 0.844. The first-order valence-corrected chi connectivity index (χ1v) is 9.41. The summed E-state index contributed by atoms with van der Waals surface area (Å²) < 4.78 is 15.5. The van der Waals surface area contributed by atoms with Gasteiger partial charge in [-0.3, -0.25) is 9.59 Å². The number of carbonyl (C=O) groups excluding carboxylic acids is 2. The van der Waals surface area contributed by atoms with Gasteiger partial charge in [0.2, 0.25) is 0 Å². The number of benzene rings is 1. The standard InChI is InChI=1S/C21H29NO5/c1-25-18-9-6-10-19(15-18)27-16-20(23)22(14-12-21(24)26-2)13-11-17-7-4-3-5-8-17/h6-7,9-10,15H,3-5,8,11-14,16H2,1-2H3. The molecular weight excluding hydrogens is 346 g/mol. The van der Waals surface area contributed by atoms with Crippen LogP contribution < -0.4 is 9.47 Å². The van der Waals surface area contributed by atoms with Crippen molar-refractivity contribution in [3.63, 3.8) is 0 Å². The molecule has 0 saturated carbocycles. The second-order valence-corrected chi connectivity index (χ2v) is 6.53. The highest BCUT2D eigenvalue weighted by molar-refractivity contribution is 5.78. The average Bonchev–Trinajstić information content (AvgIpc) is 2.72. The Labute approximate surface area is 161 Å². The van der Waals surface area contributed by atoms with Crippen molar-refractivity contribution in [3.05, 3.63) is 35.9 Å². The molecule has 0 unspecified atom stereocenters. The van der Waals surface area contributed by atoms with Crippen molar-refractivity contribution in [1.82, 2.24) is 4.90 Å². The first-order chi connectivity index (χ1) is 13.1. The Morgan fingerprint density at radius 2 is 1.93 bits per heavy atom. The van der Waals surface area contributed by atoms with E-state index in [0.29, 0.717) is 24.6 Å². The number of allylic oxidation sites excluding steroid dienone is 1. The van der Waals surface area contributed by atoms with Gasteiger partial charge in [0.15, 0.2) is 6.61 Å². The van der Waals surface area contributed by atoms with Crippen molar-refractivity contribution < 1.29 is 23.8 Å². The summed E-state index contributed by atoms with van der Waals surface area (Å²) in [6.07, 6.45) is 7.96. The lowest BCUT2D eigenvalue weighted by Gasteiger charge is -2.24. The number of nitrogens with zero attached hydrogens (tertiary/aromatic N) is 1. The average molecular weight is 375 g/mol. The zero-order valence-corrected chi connectivity index (χ0v) is 16.2. The van der Waals surface area contributed by atoms with E-state index in [1.807, 2.05) is 12.1 Å². The number of esters is 1. The fourth-order valence-corrected chi connectivity index (χ4v) is 3.03. The van der Waals surface area contributed by atoms with Crippen LogP contribution in [0.15, 0.2) is 35.9 Å². The van der Waals surface area contributed by atoms with Gasteiger partial charge in [0, 0.05) is 19.2 Å². The Morgan fingerprint density at radius 3 is 2.63 bits per heavy atom. The van der Waals surface area contributed by atoms with E-state index in [2.05, 4.69) is 6.08 Å². The van der Waals surface area contributed by atoms with E-state index < -0.39 is 0 Å². The molecule has 0 N–H and O–H groups in total. The summed E-state index contributed by atoms with van der Waals surface area (Å²) in [7, 11) is 2.94. The molecule has 1 aromatic rings. The van der Waals surface area contributed by atoms with Crippen LogP contribution in [0, 0.1) is 0 Å². The Hall–Kier alpha value is -2.50. The van der Waals surface area contributed by atoms with Gasteiger partial charge in [-0.15, -0.1) is 0 Å². The summed E-state index contributed by atoms with van der Waals surface area (Å²) in [4.78, 5) is 25.8. The van der Waals surface area contributed by atoms with Gasteiger partial charge in [-0.1, -0.05) is 17.7 Å². The minimum absolute atomic E-state index is 0.0760. The van der Waals surface area contributed by atoms with Gasteiger partial charge in [-0.25, -0.2) is 0 Å². The Bertz CT molecular complexity index is 656. The topological polar surface area (TPSA) is 65.1 Å². The third-order valence-corrected chi connectivity index (χ3v) is 4.66. The van der Waals surface area contributed by atoms with Gasteiger partial charge in [-0.05, 0) is 44.2 Å². The molecule has 1 aliphatic carbocycles. The Balaban J connectivity index is 1.91. The van der Waals surface area contributed by atoms with Gasteiger partial charge in [0.25, 0.3) is 5.91 Å². The van der Waals surface area contributed by atoms with E-state index >= 15 is 0 Å². The molecule has 0 bridgehead atoms. The molecule has 1 amide bonds. The third-order valence-electron chi connectivity index (χ3n) is 4.66. The summed E-state index contributed by atoms with van der Waals surface area (Å²) in [5.41, 5.74) is 1.39. The Kier molecular flexibility index (Phi) is 8.68. The van der Waals surface area contributed by atoms with Gasteiger partial charge in [0.05, 0.1) is 20.6 Å². The molecule has 6 nitrogen and oxygen atoms in total. The van der Waals surface area contributed by atoms with Crippen molar-refractivity contribution >= 4 is 11.9 Å². The molecule has 6 heteroatoms. The highest BCUT2D eigenvalue weighted by Crippen LogP contribution is 2.21. The molecule has 0 heterocycles. The quantitative estimate of drug-likeness (QED) is 0.463. The maximum atomic E-state index is 12.6. The molecule has 0 spiro atoms. The third kappa shape index (κ3) is 7.33. The van der Waals surface area contributed by atoms with Gasteiger partial charge in [-0.2, -0.15) is 0 Å². The lowest BCUT2D eigenvalue weighted by molar-refractivity contribution is -0.142. The molecule has 1 aromatic carbocycles. The van der Waals surface area contributed by atoms with Crippen LogP contribution >= 0.6 is 0 Å². The Morgan fingerprint density at radius 1 is 1.11 bits per heavy atom. The summed E-state index contributed by atoms with van der Waals surface area (Å²) >= 11 is 0. The van der Waals surface area contributed by atoms with Crippen LogP contribution in [0.4, 0.5) is 0 Å². The van der Waals surface area contributed by atoms with E-state index in [4.69, 9.17) is 14.2 Å². The molecule has 0 atom stereocenters. The number of hydrogen-bond acceptors (Lipinski definition) is 5. The molecule has 1 aliphatic rings. The zero-order valence-electron chi connectivity index (χ0n) is 16.2. The zero-order chi connectivity index (χ0) is 19.5. The molecule has 2 rings (SSSR count). The highest BCUT2D eigenvalue weighted by Gasteiger charge is 2.17. The maximum absolute atomic E-state index is 12.6. The number of carbonyl (C=O) groups is 2. The van der Waals surface area contributed by atoms with E-state index in [0.717, 1.165) is 19.3 Å². The highest BCUT2D eigenvalue weighted by atomic mass is 16.5. The van der Waals surface area contributed by atoms with Crippen molar-refractivity contribution in [2.75, 3.05) is 33.9 Å². The molecule has 27 heavy (non-hydrogen) atoms. The fourth-order valence-electron chi connectivity index (χ4n) is 3.03. The number of hydrogen-bond donors (Lipinski definition) is 0. The largest absolute Gasteiger partial charge is 0.497 e. The van der Waals surface area contributed by atoms with Crippen molar-refractivity contribution in [2.24, 2.45) is 0 Å².